The fraction of sp³-hybridized carbons (Fsp3) is 0.190. The predicted octanol–water partition coefficient (Wildman–Crippen LogP) is 2.49. The van der Waals surface area contributed by atoms with E-state index in [0.717, 1.165) is 23.6 Å². The molecule has 0 amide bonds. The Labute approximate surface area is 161 Å². The highest BCUT2D eigenvalue weighted by molar-refractivity contribution is 5.89. The van der Waals surface area contributed by atoms with Gasteiger partial charge in [0.05, 0.1) is 13.1 Å². The number of hydrogen-bond donors (Lipinski definition) is 2. The van der Waals surface area contributed by atoms with Gasteiger partial charge >= 0.3 is 0 Å². The molecule has 0 saturated carbocycles. The van der Waals surface area contributed by atoms with Gasteiger partial charge in [-0.05, 0) is 17.7 Å². The van der Waals surface area contributed by atoms with Gasteiger partial charge in [-0.25, -0.2) is 9.67 Å². The summed E-state index contributed by atoms with van der Waals surface area (Å²) < 4.78 is 3.59. The van der Waals surface area contributed by atoms with Crippen molar-refractivity contribution < 1.29 is 0 Å². The van der Waals surface area contributed by atoms with Gasteiger partial charge in [0, 0.05) is 18.8 Å². The number of nitrogens with one attached hydrogen (secondary N) is 2. The van der Waals surface area contributed by atoms with Crippen LogP contribution in [0.3, 0.4) is 0 Å². The SMILES string of the molecule is O=c1c2c(Nc3ccccc3)n(Cc3ccccc3)nc2nc2n1CCNC2. The van der Waals surface area contributed by atoms with E-state index in [2.05, 4.69) is 20.7 Å². The van der Waals surface area contributed by atoms with E-state index < -0.39 is 0 Å². The normalized spacial score (nSPS) is 13.4. The molecule has 0 unspecified atom stereocenters. The summed E-state index contributed by atoms with van der Waals surface area (Å²) in [4.78, 5) is 17.9. The molecule has 0 spiro atoms. The van der Waals surface area contributed by atoms with Crippen LogP contribution in [0.4, 0.5) is 11.5 Å². The van der Waals surface area contributed by atoms with Crippen LogP contribution in [0.25, 0.3) is 11.0 Å². The van der Waals surface area contributed by atoms with Crippen molar-refractivity contribution in [1.29, 1.82) is 0 Å². The van der Waals surface area contributed by atoms with Gasteiger partial charge in [0.15, 0.2) is 5.65 Å². The van der Waals surface area contributed by atoms with Crippen molar-refractivity contribution in [3.05, 3.63) is 82.4 Å². The zero-order chi connectivity index (χ0) is 18.9. The van der Waals surface area contributed by atoms with E-state index >= 15 is 0 Å². The van der Waals surface area contributed by atoms with E-state index in [-0.39, 0.29) is 5.56 Å². The van der Waals surface area contributed by atoms with Gasteiger partial charge in [0.1, 0.15) is 17.0 Å². The second-order valence-electron chi connectivity index (χ2n) is 6.84. The number of rotatable bonds is 4. The quantitative estimate of drug-likeness (QED) is 0.576. The van der Waals surface area contributed by atoms with Crippen LogP contribution in [-0.4, -0.2) is 25.9 Å². The molecule has 7 nitrogen and oxygen atoms in total. The highest BCUT2D eigenvalue weighted by atomic mass is 16.1. The Bertz CT molecular complexity index is 1180. The van der Waals surface area contributed by atoms with Crippen molar-refractivity contribution in [3.8, 4) is 0 Å². The highest BCUT2D eigenvalue weighted by Gasteiger charge is 2.21. The van der Waals surface area contributed by atoms with Gasteiger partial charge < -0.3 is 10.6 Å². The summed E-state index contributed by atoms with van der Waals surface area (Å²) in [6.07, 6.45) is 0. The third-order valence-corrected chi connectivity index (χ3v) is 4.95. The van der Waals surface area contributed by atoms with E-state index in [9.17, 15) is 4.79 Å². The Morgan fingerprint density at radius 1 is 1.04 bits per heavy atom. The van der Waals surface area contributed by atoms with Gasteiger partial charge in [0.2, 0.25) is 0 Å². The Kier molecular flexibility index (Phi) is 4.14. The average Bonchev–Trinajstić information content (AvgIpc) is 3.07. The van der Waals surface area contributed by atoms with E-state index in [1.165, 1.54) is 0 Å². The molecular weight excluding hydrogens is 352 g/mol. The molecule has 4 aromatic rings. The van der Waals surface area contributed by atoms with Crippen molar-refractivity contribution in [1.82, 2.24) is 24.6 Å². The summed E-state index contributed by atoms with van der Waals surface area (Å²) in [6.45, 7) is 2.52. The average molecular weight is 372 g/mol. The molecular formula is C21H20N6O. The Morgan fingerprint density at radius 3 is 2.57 bits per heavy atom. The maximum atomic E-state index is 13.3. The van der Waals surface area contributed by atoms with Crippen molar-refractivity contribution in [2.75, 3.05) is 11.9 Å². The lowest BCUT2D eigenvalue weighted by molar-refractivity contribution is 0.486. The first-order valence-electron chi connectivity index (χ1n) is 9.36. The molecule has 0 atom stereocenters. The van der Waals surface area contributed by atoms with Crippen LogP contribution in [0.1, 0.15) is 11.4 Å². The number of anilines is 2. The number of aromatic nitrogens is 4. The molecule has 2 N–H and O–H groups in total. The summed E-state index contributed by atoms with van der Waals surface area (Å²) in [7, 11) is 0. The number of hydrogen-bond acceptors (Lipinski definition) is 5. The minimum absolute atomic E-state index is 0.0424. The predicted molar refractivity (Wildman–Crippen MR) is 109 cm³/mol. The van der Waals surface area contributed by atoms with Gasteiger partial charge in [0.25, 0.3) is 5.56 Å². The molecule has 140 valence electrons. The summed E-state index contributed by atoms with van der Waals surface area (Å²) >= 11 is 0. The summed E-state index contributed by atoms with van der Waals surface area (Å²) in [5.41, 5.74) is 2.45. The molecule has 1 aliphatic heterocycles. The lowest BCUT2D eigenvalue weighted by Gasteiger charge is -2.18. The molecule has 1 aliphatic rings. The maximum absolute atomic E-state index is 13.3. The molecule has 0 aliphatic carbocycles. The first-order valence-corrected chi connectivity index (χ1v) is 9.36. The van der Waals surface area contributed by atoms with Crippen LogP contribution in [0.2, 0.25) is 0 Å². The minimum atomic E-state index is -0.0424. The van der Waals surface area contributed by atoms with Crippen molar-refractivity contribution >= 4 is 22.5 Å². The fourth-order valence-electron chi connectivity index (χ4n) is 3.57. The van der Waals surface area contributed by atoms with Gasteiger partial charge in [-0.2, -0.15) is 0 Å². The molecule has 0 bridgehead atoms. The van der Waals surface area contributed by atoms with E-state index in [4.69, 9.17) is 0 Å². The molecule has 3 heterocycles. The summed E-state index contributed by atoms with van der Waals surface area (Å²) in [5, 5.41) is 11.9. The number of benzene rings is 2. The maximum Gasteiger partial charge on any atom is 0.266 e. The van der Waals surface area contributed by atoms with Crippen LogP contribution in [0.15, 0.2) is 65.5 Å². The molecule has 5 rings (SSSR count). The summed E-state index contributed by atoms with van der Waals surface area (Å²) in [5.74, 6) is 1.41. The second kappa shape index (κ2) is 6.94. The minimum Gasteiger partial charge on any atom is -0.340 e. The second-order valence-corrected chi connectivity index (χ2v) is 6.84. The van der Waals surface area contributed by atoms with Crippen LogP contribution < -0.4 is 16.2 Å². The fourth-order valence-corrected chi connectivity index (χ4v) is 3.57. The van der Waals surface area contributed by atoms with E-state index in [0.29, 0.717) is 36.5 Å². The lowest BCUT2D eigenvalue weighted by atomic mass is 10.2. The molecule has 0 saturated heterocycles. The number of fused-ring (bicyclic) bond motifs is 2. The van der Waals surface area contributed by atoms with E-state index in [1.54, 1.807) is 4.57 Å². The number of para-hydroxylation sites is 1. The van der Waals surface area contributed by atoms with Gasteiger partial charge in [-0.15, -0.1) is 5.10 Å². The first-order chi connectivity index (χ1) is 13.8. The van der Waals surface area contributed by atoms with Crippen LogP contribution in [0.5, 0.6) is 0 Å². The molecule has 0 fully saturated rings. The molecule has 0 radical (unpaired) electrons. The Morgan fingerprint density at radius 2 is 1.79 bits per heavy atom. The third kappa shape index (κ3) is 2.95. The largest absolute Gasteiger partial charge is 0.340 e. The zero-order valence-electron chi connectivity index (χ0n) is 15.3. The van der Waals surface area contributed by atoms with Crippen LogP contribution in [-0.2, 0) is 19.6 Å². The first kappa shape index (κ1) is 16.7. The molecule has 28 heavy (non-hydrogen) atoms. The lowest BCUT2D eigenvalue weighted by Crippen LogP contribution is -2.37. The topological polar surface area (TPSA) is 76.8 Å². The van der Waals surface area contributed by atoms with Crippen LogP contribution in [0, 0.1) is 0 Å². The third-order valence-electron chi connectivity index (χ3n) is 4.95. The number of nitrogens with zero attached hydrogens (tertiary/aromatic N) is 4. The van der Waals surface area contributed by atoms with E-state index in [1.807, 2.05) is 65.3 Å². The zero-order valence-corrected chi connectivity index (χ0v) is 15.3. The van der Waals surface area contributed by atoms with Gasteiger partial charge in [-0.1, -0.05) is 48.5 Å². The monoisotopic (exact) mass is 372 g/mol. The van der Waals surface area contributed by atoms with Crippen molar-refractivity contribution in [2.45, 2.75) is 19.6 Å². The molecule has 7 heteroatoms. The highest BCUT2D eigenvalue weighted by Crippen LogP contribution is 2.25. The Hall–Kier alpha value is -3.45. The van der Waals surface area contributed by atoms with Gasteiger partial charge in [-0.3, -0.25) is 9.36 Å². The molecule has 2 aromatic carbocycles. The standard InChI is InChI=1S/C21H20N6O/c28-21-18-19(24-17-13-22-11-12-26(17)21)25-27(14-15-7-3-1-4-8-15)20(18)23-16-9-5-2-6-10-16/h1-10,22-23H,11-14H2. The summed E-state index contributed by atoms with van der Waals surface area (Å²) in [6, 6.07) is 19.9. The van der Waals surface area contributed by atoms with Crippen molar-refractivity contribution in [3.63, 3.8) is 0 Å². The smallest absolute Gasteiger partial charge is 0.266 e. The van der Waals surface area contributed by atoms with Crippen LogP contribution >= 0.6 is 0 Å². The Balaban J connectivity index is 1.69. The van der Waals surface area contributed by atoms with Crippen molar-refractivity contribution in [2.24, 2.45) is 0 Å². The molecule has 2 aromatic heterocycles.